The van der Waals surface area contributed by atoms with Gasteiger partial charge in [-0.1, -0.05) is 56.1 Å². The van der Waals surface area contributed by atoms with Gasteiger partial charge in [0.2, 0.25) is 0 Å². The van der Waals surface area contributed by atoms with Gasteiger partial charge in [0.1, 0.15) is 13.1 Å². The Morgan fingerprint density at radius 2 is 1.17 bits per heavy atom. The molecule has 0 bridgehead atoms. The zero-order chi connectivity index (χ0) is 22.4. The monoisotopic (exact) mass is 552 g/mol. The van der Waals surface area contributed by atoms with E-state index in [9.17, 15) is 0 Å². The first-order chi connectivity index (χ1) is 13.4. The van der Waals surface area contributed by atoms with E-state index in [-0.39, 0.29) is 11.9 Å². The van der Waals surface area contributed by atoms with E-state index in [4.69, 9.17) is 39.8 Å². The summed E-state index contributed by atoms with van der Waals surface area (Å²) >= 11 is 6.74. The van der Waals surface area contributed by atoms with Crippen LogP contribution >= 0.6 is 31.9 Å². The number of nitrogens with two attached hydrogens (primary N) is 4. The van der Waals surface area contributed by atoms with Crippen LogP contribution in [0.4, 0.5) is 0 Å². The number of quaternary nitrogens is 2. The first kappa shape index (κ1) is 27.1. The van der Waals surface area contributed by atoms with Crippen molar-refractivity contribution in [1.82, 2.24) is 0 Å². The van der Waals surface area contributed by atoms with Gasteiger partial charge in [0.25, 0.3) is 11.9 Å². The summed E-state index contributed by atoms with van der Waals surface area (Å²) in [6.45, 7) is 1.43. The minimum Gasteiger partial charge on any atom is -0.759 e. The maximum absolute atomic E-state index is 8.52. The number of halogens is 2. The molecule has 0 aromatic heterocycles. The van der Waals surface area contributed by atoms with Gasteiger partial charge >= 0.3 is 0 Å². The summed E-state index contributed by atoms with van der Waals surface area (Å²) in [6, 6.07) is 15.9. The zero-order valence-electron chi connectivity index (χ0n) is 15.1. The van der Waals surface area contributed by atoms with E-state index in [0.29, 0.717) is 0 Å². The van der Waals surface area contributed by atoms with Gasteiger partial charge in [0.15, 0.2) is 0 Å². The fourth-order valence-corrected chi connectivity index (χ4v) is 2.68. The molecule has 0 saturated carbocycles. The molecule has 0 atom stereocenters. The van der Waals surface area contributed by atoms with Crippen LogP contribution in [0.25, 0.3) is 0 Å². The van der Waals surface area contributed by atoms with Gasteiger partial charge in [-0.25, -0.2) is 10.8 Å². The summed E-state index contributed by atoms with van der Waals surface area (Å²) in [6.07, 6.45) is 0. The van der Waals surface area contributed by atoms with E-state index < -0.39 is 10.4 Å². The topological polar surface area (TPSA) is 213 Å². The average Bonchev–Trinajstić information content (AvgIpc) is 2.57. The van der Waals surface area contributed by atoms with Crippen LogP contribution < -0.4 is 22.1 Å². The first-order valence-corrected chi connectivity index (χ1v) is 10.8. The largest absolute Gasteiger partial charge is 0.759 e. The van der Waals surface area contributed by atoms with Crippen LogP contribution in [0.2, 0.25) is 0 Å². The van der Waals surface area contributed by atoms with E-state index in [2.05, 4.69) is 31.9 Å². The molecule has 0 amide bonds. The van der Waals surface area contributed by atoms with Crippen molar-refractivity contribution in [3.8, 4) is 0 Å². The smallest absolute Gasteiger partial charge is 0.289 e. The normalized spacial score (nSPS) is 10.1. The van der Waals surface area contributed by atoms with Crippen molar-refractivity contribution in [2.75, 3.05) is 0 Å². The molecular weight excluding hydrogens is 532 g/mol. The van der Waals surface area contributed by atoms with E-state index >= 15 is 0 Å². The first-order valence-electron chi connectivity index (χ1n) is 7.87. The second-order valence-electron chi connectivity index (χ2n) is 5.40. The van der Waals surface area contributed by atoms with Crippen molar-refractivity contribution in [1.29, 1.82) is 10.8 Å². The Morgan fingerprint density at radius 3 is 1.41 bits per heavy atom. The molecule has 0 aliphatic heterocycles. The maximum Gasteiger partial charge on any atom is 0.289 e. The van der Waals surface area contributed by atoms with Gasteiger partial charge in [-0.3, -0.25) is 19.1 Å². The molecule has 29 heavy (non-hydrogen) atoms. The molecule has 10 nitrogen and oxygen atoms in total. The summed E-state index contributed by atoms with van der Waals surface area (Å²) in [5.74, 6) is 0.241. The predicted octanol–water partition coefficient (Wildman–Crippen LogP) is -0.526. The molecule has 2 rings (SSSR count). The third-order valence-electron chi connectivity index (χ3n) is 2.89. The Bertz CT molecular complexity index is 844. The zero-order valence-corrected chi connectivity index (χ0v) is 19.1. The minimum atomic E-state index is -5.17. The Labute approximate surface area is 185 Å². The number of hydrogen-bond acceptors (Lipinski definition) is 6. The lowest BCUT2D eigenvalue weighted by atomic mass is 10.2. The van der Waals surface area contributed by atoms with Gasteiger partial charge in [0.05, 0.1) is 0 Å². The van der Waals surface area contributed by atoms with Crippen molar-refractivity contribution in [3.05, 3.63) is 68.6 Å². The molecule has 0 spiro atoms. The molecule has 0 heterocycles. The molecule has 2 aromatic rings. The van der Waals surface area contributed by atoms with E-state index in [1.54, 1.807) is 10.6 Å². The number of rotatable bonds is 4. The van der Waals surface area contributed by atoms with Crippen LogP contribution in [0.5, 0.6) is 0 Å². The van der Waals surface area contributed by atoms with Crippen molar-refractivity contribution < 1.29 is 28.2 Å². The summed E-state index contributed by atoms with van der Waals surface area (Å²) in [4.78, 5) is 0. The predicted molar refractivity (Wildman–Crippen MR) is 114 cm³/mol. The lowest BCUT2D eigenvalue weighted by Crippen LogP contribution is -2.88. The van der Waals surface area contributed by atoms with Gasteiger partial charge in [-0.15, -0.1) is 0 Å². The van der Waals surface area contributed by atoms with Gasteiger partial charge < -0.3 is 20.6 Å². The van der Waals surface area contributed by atoms with Crippen molar-refractivity contribution in [3.63, 3.8) is 0 Å². The van der Waals surface area contributed by atoms with Crippen LogP contribution in [-0.2, 0) is 23.5 Å². The van der Waals surface area contributed by atoms with Crippen LogP contribution in [0, 0.1) is 10.8 Å². The molecule has 160 valence electrons. The Morgan fingerprint density at radius 1 is 0.862 bits per heavy atom. The Kier molecular flexibility index (Phi) is 13.3. The minimum absolute atomic E-state index is 0.120. The van der Waals surface area contributed by atoms with E-state index in [1.807, 2.05) is 48.5 Å². The number of benzene rings is 2. The molecule has 0 aliphatic rings. The van der Waals surface area contributed by atoms with Crippen molar-refractivity contribution >= 4 is 54.2 Å². The lowest BCUT2D eigenvalue weighted by Gasteiger charge is -2.06. The molecule has 0 fully saturated rings. The summed E-state index contributed by atoms with van der Waals surface area (Å²) in [5, 5.41) is 17.4. The highest BCUT2D eigenvalue weighted by molar-refractivity contribution is 9.10. The van der Waals surface area contributed by atoms with Gasteiger partial charge in [-0.05, 0) is 24.3 Å². The third-order valence-corrected chi connectivity index (χ3v) is 3.88. The van der Waals surface area contributed by atoms with Crippen LogP contribution in [0.15, 0.2) is 57.5 Å². The van der Waals surface area contributed by atoms with Crippen LogP contribution in [0.3, 0.4) is 0 Å². The standard InChI is InChI=1S/2C8H10BrN3.H2O4S/c2*9-7-3-1-2-6(4-7)5-12-8(10)11;1-5(2,3)4/h2*1-4H,5H2,(H4,10,11,12);(H2,1,2,3,4). The lowest BCUT2D eigenvalue weighted by molar-refractivity contribution is -0.560. The molecule has 0 aliphatic carbocycles. The highest BCUT2D eigenvalue weighted by Gasteiger charge is 1.98. The fraction of sp³-hybridized carbons (Fsp3) is 0.125. The third kappa shape index (κ3) is 19.2. The van der Waals surface area contributed by atoms with Crippen LogP contribution in [0.1, 0.15) is 11.1 Å². The molecule has 10 N–H and O–H groups in total. The quantitative estimate of drug-likeness (QED) is 0.126. The molecule has 0 unspecified atom stereocenters. The van der Waals surface area contributed by atoms with Crippen molar-refractivity contribution in [2.24, 2.45) is 11.5 Å². The molecule has 13 heteroatoms. The molecule has 0 radical (unpaired) electrons. The average molecular weight is 554 g/mol. The second-order valence-corrected chi connectivity index (χ2v) is 8.04. The van der Waals surface area contributed by atoms with Gasteiger partial charge in [-0.2, -0.15) is 0 Å². The SMILES string of the molecule is N=C(N)[NH2+]Cc1cccc(Br)c1.N=C(N)[NH2+]Cc1cccc(Br)c1.O=S(=O)([O-])[O-]. The number of hydrogen-bond donors (Lipinski definition) is 6. The fourth-order valence-electron chi connectivity index (χ4n) is 1.78. The molecular formula is C16H22Br2N6O4S. The maximum atomic E-state index is 8.52. The van der Waals surface area contributed by atoms with E-state index in [1.165, 1.54) is 0 Å². The summed E-state index contributed by atoms with van der Waals surface area (Å²) in [5.41, 5.74) is 12.7. The van der Waals surface area contributed by atoms with Gasteiger partial charge in [0, 0.05) is 30.5 Å². The Hall–Kier alpha value is -1.87. The molecule has 2 aromatic carbocycles. The highest BCUT2D eigenvalue weighted by atomic mass is 79.9. The second kappa shape index (κ2) is 14.2. The number of guanidine groups is 2. The summed E-state index contributed by atoms with van der Waals surface area (Å²) in [7, 11) is -5.17. The van der Waals surface area contributed by atoms with Crippen LogP contribution in [-0.4, -0.2) is 29.4 Å². The molecule has 0 saturated heterocycles. The van der Waals surface area contributed by atoms with E-state index in [0.717, 1.165) is 33.2 Å². The van der Waals surface area contributed by atoms with Crippen molar-refractivity contribution in [2.45, 2.75) is 13.1 Å². The Balaban J connectivity index is 0.000000442. The number of nitrogens with one attached hydrogen (secondary N) is 2. The highest BCUT2D eigenvalue weighted by Crippen LogP contribution is 2.10. The summed E-state index contributed by atoms with van der Waals surface area (Å²) < 4.78 is 36.2.